The molecule has 1 rings (SSSR count). The van der Waals surface area contributed by atoms with Gasteiger partial charge >= 0.3 is 0 Å². The number of hydrogen-bond donors (Lipinski definition) is 1. The van der Waals surface area contributed by atoms with Crippen molar-refractivity contribution in [3.05, 3.63) is 17.0 Å². The summed E-state index contributed by atoms with van der Waals surface area (Å²) in [7, 11) is 1.73. The van der Waals surface area contributed by atoms with Gasteiger partial charge in [-0.1, -0.05) is 11.6 Å². The predicted molar refractivity (Wildman–Crippen MR) is 57.4 cm³/mol. The summed E-state index contributed by atoms with van der Waals surface area (Å²) < 4.78 is 0. The van der Waals surface area contributed by atoms with Gasteiger partial charge in [0.25, 0.3) is 0 Å². The molecule has 1 atom stereocenters. The number of hydrogen-bond acceptors (Lipinski definition) is 5. The van der Waals surface area contributed by atoms with Crippen LogP contribution in [0.15, 0.2) is 6.33 Å². The zero-order valence-electron chi connectivity index (χ0n) is 8.51. The lowest BCUT2D eigenvalue weighted by atomic mass is 10.2. The number of carbonyl (C=O) groups excluding carboxylic acids is 1. The molecule has 1 aromatic rings. The van der Waals surface area contributed by atoms with Gasteiger partial charge in [0.1, 0.15) is 17.3 Å². The monoisotopic (exact) mass is 229 g/mol. The van der Waals surface area contributed by atoms with Crippen LogP contribution >= 0.6 is 11.6 Å². The topological polar surface area (TPSA) is 66.3 Å². The second-order valence-electron chi connectivity index (χ2n) is 3.16. The van der Waals surface area contributed by atoms with Crippen molar-refractivity contribution >= 4 is 23.7 Å². The van der Waals surface area contributed by atoms with Gasteiger partial charge in [-0.05, 0) is 6.92 Å². The molecule has 6 heteroatoms. The van der Waals surface area contributed by atoms with Crippen molar-refractivity contribution in [1.29, 1.82) is 0 Å². The highest BCUT2D eigenvalue weighted by atomic mass is 35.5. The van der Waals surface area contributed by atoms with Crippen molar-refractivity contribution in [3.63, 3.8) is 0 Å². The third kappa shape index (κ3) is 2.43. The quantitative estimate of drug-likeness (QED) is 0.610. The van der Waals surface area contributed by atoms with E-state index in [1.165, 1.54) is 6.33 Å². The number of aromatic nitrogens is 2. The highest BCUT2D eigenvalue weighted by Gasteiger charge is 2.16. The molecule has 82 valence electrons. The first kappa shape index (κ1) is 11.9. The van der Waals surface area contributed by atoms with Crippen molar-refractivity contribution in [2.24, 2.45) is 0 Å². The Morgan fingerprint density at radius 3 is 2.87 bits per heavy atom. The van der Waals surface area contributed by atoms with E-state index in [9.17, 15) is 4.79 Å². The number of rotatable bonds is 4. The van der Waals surface area contributed by atoms with Crippen molar-refractivity contribution in [1.82, 2.24) is 9.97 Å². The van der Waals surface area contributed by atoms with Gasteiger partial charge in [0.15, 0.2) is 6.29 Å². The average molecular weight is 230 g/mol. The van der Waals surface area contributed by atoms with Gasteiger partial charge in [0.05, 0.1) is 18.2 Å². The smallest absolute Gasteiger partial charge is 0.156 e. The van der Waals surface area contributed by atoms with E-state index in [0.29, 0.717) is 12.1 Å². The molecule has 0 radical (unpaired) electrons. The Bertz CT molecular complexity index is 359. The van der Waals surface area contributed by atoms with E-state index < -0.39 is 0 Å². The molecular formula is C9H12ClN3O2. The lowest BCUT2D eigenvalue weighted by molar-refractivity contribution is 0.112. The van der Waals surface area contributed by atoms with Crippen molar-refractivity contribution in [2.75, 3.05) is 18.6 Å². The summed E-state index contributed by atoms with van der Waals surface area (Å²) in [5.74, 6) is 0.423. The van der Waals surface area contributed by atoms with Gasteiger partial charge in [-0.25, -0.2) is 9.97 Å². The normalized spacial score (nSPS) is 12.3. The number of aliphatic hydroxyl groups excluding tert-OH is 1. The molecule has 1 heterocycles. The Balaban J connectivity index is 3.13. The fourth-order valence-corrected chi connectivity index (χ4v) is 1.25. The summed E-state index contributed by atoms with van der Waals surface area (Å²) in [4.78, 5) is 20.2. The summed E-state index contributed by atoms with van der Waals surface area (Å²) in [6.45, 7) is 1.78. The number of aldehydes is 1. The minimum absolute atomic E-state index is 0.0313. The Morgan fingerprint density at radius 1 is 1.67 bits per heavy atom. The summed E-state index contributed by atoms with van der Waals surface area (Å²) in [5, 5.41) is 9.11. The standard InChI is InChI=1S/C9H12ClN3O2/c1-6(3-14)13(2)9-7(4-15)8(10)11-5-12-9/h4-6,14H,3H2,1-2H3. The van der Waals surface area contributed by atoms with Crippen LogP contribution in [0.5, 0.6) is 0 Å². The maximum absolute atomic E-state index is 10.8. The van der Waals surface area contributed by atoms with Crippen molar-refractivity contribution < 1.29 is 9.90 Å². The summed E-state index contributed by atoms with van der Waals surface area (Å²) in [5.41, 5.74) is 0.238. The molecule has 0 aliphatic rings. The zero-order valence-corrected chi connectivity index (χ0v) is 9.27. The first-order valence-electron chi connectivity index (χ1n) is 4.41. The van der Waals surface area contributed by atoms with Crippen LogP contribution in [0.1, 0.15) is 17.3 Å². The van der Waals surface area contributed by atoms with Gasteiger partial charge < -0.3 is 10.0 Å². The summed E-state index contributed by atoms with van der Waals surface area (Å²) >= 11 is 5.75. The zero-order chi connectivity index (χ0) is 11.4. The van der Waals surface area contributed by atoms with Crippen LogP contribution in [-0.2, 0) is 0 Å². The highest BCUT2D eigenvalue weighted by Crippen LogP contribution is 2.21. The Hall–Kier alpha value is -1.20. The molecule has 0 saturated carbocycles. The molecule has 0 saturated heterocycles. The Kier molecular flexibility index (Phi) is 3.99. The van der Waals surface area contributed by atoms with Gasteiger partial charge in [-0.15, -0.1) is 0 Å². The molecule has 1 unspecified atom stereocenters. The van der Waals surface area contributed by atoms with E-state index >= 15 is 0 Å². The first-order chi connectivity index (χ1) is 7.11. The van der Waals surface area contributed by atoms with Crippen LogP contribution in [0.4, 0.5) is 5.82 Å². The molecule has 0 aliphatic carbocycles. The number of likely N-dealkylation sites (N-methyl/N-ethyl adjacent to an activating group) is 1. The molecule has 1 N–H and O–H groups in total. The number of nitrogens with zero attached hydrogens (tertiary/aromatic N) is 3. The third-order valence-corrected chi connectivity index (χ3v) is 2.49. The lowest BCUT2D eigenvalue weighted by Crippen LogP contribution is -2.33. The second-order valence-corrected chi connectivity index (χ2v) is 3.52. The van der Waals surface area contributed by atoms with E-state index in [2.05, 4.69) is 9.97 Å². The molecule has 1 aromatic heterocycles. The molecule has 0 aromatic carbocycles. The maximum Gasteiger partial charge on any atom is 0.156 e. The summed E-state index contributed by atoms with van der Waals surface area (Å²) in [6, 6.07) is -0.144. The third-order valence-electron chi connectivity index (χ3n) is 2.19. The van der Waals surface area contributed by atoms with E-state index in [4.69, 9.17) is 16.7 Å². The largest absolute Gasteiger partial charge is 0.394 e. The van der Waals surface area contributed by atoms with Gasteiger partial charge in [0.2, 0.25) is 0 Å². The minimum Gasteiger partial charge on any atom is -0.394 e. The van der Waals surface area contributed by atoms with E-state index in [-0.39, 0.29) is 23.4 Å². The van der Waals surface area contributed by atoms with Crippen LogP contribution in [0.25, 0.3) is 0 Å². The minimum atomic E-state index is -0.144. The molecule has 0 amide bonds. The van der Waals surface area contributed by atoms with E-state index in [1.54, 1.807) is 11.9 Å². The average Bonchev–Trinajstić information content (AvgIpc) is 2.26. The molecular weight excluding hydrogens is 218 g/mol. The number of aliphatic hydroxyl groups is 1. The number of anilines is 1. The van der Waals surface area contributed by atoms with Gasteiger partial charge in [-0.2, -0.15) is 0 Å². The molecule has 15 heavy (non-hydrogen) atoms. The first-order valence-corrected chi connectivity index (χ1v) is 4.79. The van der Waals surface area contributed by atoms with Crippen LogP contribution in [-0.4, -0.2) is 41.1 Å². The SMILES string of the molecule is CC(CO)N(C)c1ncnc(Cl)c1C=O. The van der Waals surface area contributed by atoms with Gasteiger partial charge in [-0.3, -0.25) is 4.79 Å². The fourth-order valence-electron chi connectivity index (χ4n) is 1.08. The summed E-state index contributed by atoms with van der Waals surface area (Å²) in [6.07, 6.45) is 1.89. The number of carbonyl (C=O) groups is 1. The van der Waals surface area contributed by atoms with Crippen LogP contribution in [0, 0.1) is 0 Å². The van der Waals surface area contributed by atoms with Crippen molar-refractivity contribution in [2.45, 2.75) is 13.0 Å². The predicted octanol–water partition coefficient (Wildman–Crippen LogP) is 0.760. The fraction of sp³-hybridized carbons (Fsp3) is 0.444. The molecule has 0 spiro atoms. The Labute approximate surface area is 92.7 Å². The molecule has 0 bridgehead atoms. The second kappa shape index (κ2) is 5.04. The van der Waals surface area contributed by atoms with Crippen LogP contribution in [0.2, 0.25) is 5.15 Å². The number of halogens is 1. The molecule has 0 aliphatic heterocycles. The highest BCUT2D eigenvalue weighted by molar-refractivity contribution is 6.32. The van der Waals surface area contributed by atoms with E-state index in [1.807, 2.05) is 6.92 Å². The molecule has 5 nitrogen and oxygen atoms in total. The molecule has 0 fully saturated rings. The maximum atomic E-state index is 10.8. The van der Waals surface area contributed by atoms with Crippen LogP contribution < -0.4 is 4.90 Å². The van der Waals surface area contributed by atoms with Gasteiger partial charge in [0, 0.05) is 7.05 Å². The van der Waals surface area contributed by atoms with Crippen molar-refractivity contribution in [3.8, 4) is 0 Å². The van der Waals surface area contributed by atoms with E-state index in [0.717, 1.165) is 0 Å². The van der Waals surface area contributed by atoms with Crippen LogP contribution in [0.3, 0.4) is 0 Å². The Morgan fingerprint density at radius 2 is 2.33 bits per heavy atom. The lowest BCUT2D eigenvalue weighted by Gasteiger charge is -2.25.